The van der Waals surface area contributed by atoms with Gasteiger partial charge < -0.3 is 75.0 Å². The third-order valence-electron chi connectivity index (χ3n) is 16.0. The van der Waals surface area contributed by atoms with E-state index < -0.39 is 0 Å². The maximum atomic E-state index is 12.1. The van der Waals surface area contributed by atoms with Gasteiger partial charge in [0.25, 0.3) is 0 Å². The first-order chi connectivity index (χ1) is 52.8. The Bertz CT molecular complexity index is 4940. The van der Waals surface area contributed by atoms with Crippen molar-refractivity contribution in [3.05, 3.63) is 190 Å². The minimum Gasteiger partial charge on any atom is -0.492 e. The lowest BCUT2D eigenvalue weighted by Gasteiger charge is -2.19. The van der Waals surface area contributed by atoms with Crippen LogP contribution in [0.15, 0.2) is 190 Å². The van der Waals surface area contributed by atoms with Crippen molar-refractivity contribution in [1.29, 1.82) is 0 Å². The Kier molecular flexibility index (Phi) is 27.4. The number of nitrogens with zero attached hydrogens (tertiary/aromatic N) is 14. The molecule has 30 nitrogen and oxygen atoms in total. The van der Waals surface area contributed by atoms with E-state index in [-0.39, 0.29) is 17.7 Å². The second-order valence-electron chi connectivity index (χ2n) is 24.7. The number of ether oxygens (including phenoxy) is 6. The average Bonchev–Trinajstić information content (AvgIpc) is 1.72. The van der Waals surface area contributed by atoms with E-state index in [2.05, 4.69) is 97.0 Å². The third-order valence-corrected chi connectivity index (χ3v) is 16.0. The van der Waals surface area contributed by atoms with Crippen molar-refractivity contribution < 1.29 is 42.8 Å². The standard InChI is InChI=1S/C27H31N7O3.2C26H29N7O3/c1-6-25(35)29-20-16-21(23(36-7-2)17-24(20)37-15-14-33(3)4)31-27-28-13-12-19(30-27)26-18-10-8-9-11-22(18)34(5)32-26;1-5-25(34)29-20-15-21(23(35-6-2)16-24(20)36-14-13-32(3)4)31-26-27-11-10-19(30-26)18-17-28-33-12-8-7-9-22(18)33;1-5-24(34)28-20-15-21(22(35-6-2)16-23(20)36-14-13-33(3)4)30-26-27-12-11-19(29-26)25-17-9-7-8-10-18(17)31-32-25/h6,8-13,16-17H,1,7,14-15H2,2-5H3,(H,29,35)(H,28,30,31);5,7-12,15-17H,1,6,13-14H2,2-4H3,(H,29,34)(H,27,30,31);5,7-12,15-16H,1,6,13-14H2,2-4H3,(H,28,34)(H,31,32)(H,27,29,30). The molecule has 7 heterocycles. The Hall–Kier alpha value is -13.3. The van der Waals surface area contributed by atoms with E-state index in [1.54, 1.807) is 71.8 Å². The van der Waals surface area contributed by atoms with Crippen LogP contribution >= 0.6 is 0 Å². The molecule has 12 aromatic rings. The molecule has 0 fully saturated rings. The molecule has 0 radical (unpaired) electrons. The number of hydrogen-bond donors (Lipinski definition) is 7. The molecule has 12 rings (SSSR count). The van der Waals surface area contributed by atoms with Crippen LogP contribution in [0, 0.1) is 0 Å². The summed E-state index contributed by atoms with van der Waals surface area (Å²) in [5.74, 6) is 3.09. The zero-order valence-corrected chi connectivity index (χ0v) is 62.6. The van der Waals surface area contributed by atoms with Crippen LogP contribution in [0.2, 0.25) is 0 Å². The molecule has 0 aliphatic rings. The lowest BCUT2D eigenvalue weighted by Crippen LogP contribution is -2.20. The van der Waals surface area contributed by atoms with Crippen molar-refractivity contribution in [3.63, 3.8) is 0 Å². The normalized spacial score (nSPS) is 10.9. The van der Waals surface area contributed by atoms with E-state index in [1.807, 2.05) is 175 Å². The van der Waals surface area contributed by atoms with Gasteiger partial charge in [-0.15, -0.1) is 0 Å². The van der Waals surface area contributed by atoms with Gasteiger partial charge in [0.1, 0.15) is 65.7 Å². The van der Waals surface area contributed by atoms with Crippen molar-refractivity contribution >= 4 is 97.0 Å². The van der Waals surface area contributed by atoms with Crippen LogP contribution in [0.5, 0.6) is 34.5 Å². The number of aryl methyl sites for hydroxylation is 1. The summed E-state index contributed by atoms with van der Waals surface area (Å²) in [5, 5.41) is 36.6. The Morgan fingerprint density at radius 1 is 0.468 bits per heavy atom. The van der Waals surface area contributed by atoms with Crippen molar-refractivity contribution in [2.45, 2.75) is 20.8 Å². The molecule has 0 bridgehead atoms. The summed E-state index contributed by atoms with van der Waals surface area (Å²) >= 11 is 0. The van der Waals surface area contributed by atoms with Crippen LogP contribution in [0.4, 0.5) is 52.0 Å². The number of carbonyl (C=O) groups excluding carboxylic acids is 3. The number of pyridine rings is 1. The summed E-state index contributed by atoms with van der Waals surface area (Å²) < 4.78 is 39.1. The number of amides is 3. The summed E-state index contributed by atoms with van der Waals surface area (Å²) in [6, 6.07) is 37.6. The predicted molar refractivity (Wildman–Crippen MR) is 426 cm³/mol. The first-order valence-electron chi connectivity index (χ1n) is 35.0. The second kappa shape index (κ2) is 38.1. The van der Waals surface area contributed by atoms with Crippen LogP contribution in [0.1, 0.15) is 20.8 Å². The number of hydrogen-bond acceptors (Lipinski definition) is 24. The number of anilines is 9. The summed E-state index contributed by atoms with van der Waals surface area (Å²) in [6.07, 6.45) is 12.3. The molecule has 3 amide bonds. The van der Waals surface area contributed by atoms with E-state index in [0.717, 1.165) is 50.0 Å². The number of rotatable bonds is 33. The number of benzene rings is 5. The fourth-order valence-corrected chi connectivity index (χ4v) is 10.7. The van der Waals surface area contributed by atoms with Gasteiger partial charge in [0, 0.05) is 86.0 Å². The van der Waals surface area contributed by atoms with Crippen molar-refractivity contribution in [2.24, 2.45) is 7.05 Å². The zero-order chi connectivity index (χ0) is 77.3. The number of carbonyl (C=O) groups is 3. The number of para-hydroxylation sites is 2. The topological polar surface area (TPSA) is 330 Å². The lowest BCUT2D eigenvalue weighted by atomic mass is 10.1. The van der Waals surface area contributed by atoms with Gasteiger partial charge in [0.15, 0.2) is 0 Å². The molecular weight excluding hydrogens is 1390 g/mol. The maximum absolute atomic E-state index is 12.1. The highest BCUT2D eigenvalue weighted by Crippen LogP contribution is 2.42. The number of H-pyrrole nitrogens is 1. The van der Waals surface area contributed by atoms with Gasteiger partial charge in [0.2, 0.25) is 35.6 Å². The highest BCUT2D eigenvalue weighted by Gasteiger charge is 2.22. The minimum atomic E-state index is -0.355. The zero-order valence-electron chi connectivity index (χ0n) is 62.6. The lowest BCUT2D eigenvalue weighted by molar-refractivity contribution is -0.112. The Labute approximate surface area is 631 Å². The quantitative estimate of drug-likeness (QED) is 0.0188. The molecule has 0 aliphatic carbocycles. The molecule has 0 saturated heterocycles. The number of aromatic amines is 1. The molecule has 0 unspecified atom stereocenters. The van der Waals surface area contributed by atoms with E-state index in [9.17, 15) is 14.4 Å². The molecule has 5 aromatic carbocycles. The highest BCUT2D eigenvalue weighted by atomic mass is 16.5. The van der Waals surface area contributed by atoms with Crippen molar-refractivity contribution in [3.8, 4) is 68.5 Å². The van der Waals surface area contributed by atoms with Gasteiger partial charge in [-0.3, -0.25) is 24.2 Å². The van der Waals surface area contributed by atoms with E-state index >= 15 is 0 Å². The summed E-state index contributed by atoms with van der Waals surface area (Å²) in [4.78, 5) is 69.6. The number of nitrogens with one attached hydrogen (secondary N) is 7. The predicted octanol–water partition coefficient (Wildman–Crippen LogP) is 12.5. The van der Waals surface area contributed by atoms with Crippen LogP contribution < -0.4 is 60.3 Å². The molecule has 0 aliphatic heterocycles. The largest absolute Gasteiger partial charge is 0.492 e. The molecule has 30 heteroatoms. The fourth-order valence-electron chi connectivity index (χ4n) is 10.7. The summed E-state index contributed by atoms with van der Waals surface area (Å²) in [6.45, 7) is 21.0. The third kappa shape index (κ3) is 21.0. The Balaban J connectivity index is 0.000000174. The number of fused-ring (bicyclic) bond motifs is 3. The van der Waals surface area contributed by atoms with Crippen LogP contribution in [0.3, 0.4) is 0 Å². The number of aromatic nitrogens is 12. The van der Waals surface area contributed by atoms with E-state index in [4.69, 9.17) is 33.4 Å². The molecule has 7 N–H and O–H groups in total. The number of likely N-dealkylation sites (N-methyl/N-ethyl adjacent to an activating group) is 3. The van der Waals surface area contributed by atoms with E-state index in [1.165, 1.54) is 18.2 Å². The van der Waals surface area contributed by atoms with Crippen molar-refractivity contribution in [1.82, 2.24) is 74.2 Å². The second-order valence-corrected chi connectivity index (χ2v) is 24.7. The van der Waals surface area contributed by atoms with Gasteiger partial charge in [-0.25, -0.2) is 34.4 Å². The summed E-state index contributed by atoms with van der Waals surface area (Å²) in [7, 11) is 13.7. The monoisotopic (exact) mass is 1480 g/mol. The van der Waals surface area contributed by atoms with Crippen LogP contribution in [-0.2, 0) is 21.4 Å². The maximum Gasteiger partial charge on any atom is 0.247 e. The van der Waals surface area contributed by atoms with Gasteiger partial charge in [-0.2, -0.15) is 15.3 Å². The van der Waals surface area contributed by atoms with Gasteiger partial charge in [0.05, 0.1) is 93.8 Å². The van der Waals surface area contributed by atoms with Gasteiger partial charge >= 0.3 is 0 Å². The summed E-state index contributed by atoms with van der Waals surface area (Å²) in [5.41, 5.74) is 10.4. The first-order valence-corrected chi connectivity index (χ1v) is 35.0. The molecule has 564 valence electrons. The molecule has 109 heavy (non-hydrogen) atoms. The average molecular weight is 1480 g/mol. The molecule has 7 aromatic heterocycles. The smallest absolute Gasteiger partial charge is 0.247 e. The molecule has 0 saturated carbocycles. The Morgan fingerprint density at radius 3 is 1.31 bits per heavy atom. The molecule has 0 atom stereocenters. The first kappa shape index (κ1) is 78.3. The SMILES string of the molecule is C=CC(=O)Nc1cc(Nc2nccc(-c3cnn4ccccc34)n2)c(OCC)cc1OCCN(C)C.C=CC(=O)Nc1cc(Nc2nccc(-c3n[nH]c4ccccc34)n2)c(OCC)cc1OCCN(C)C.C=CC(=O)Nc1cc(Nc2nccc(-c3nn(C)c4ccccc34)n2)c(OCC)cc1OCCN(C)C. The van der Waals surface area contributed by atoms with Gasteiger partial charge in [-0.1, -0.05) is 62.2 Å². The van der Waals surface area contributed by atoms with Crippen molar-refractivity contribution in [2.75, 3.05) is 133 Å². The Morgan fingerprint density at radius 2 is 0.862 bits per heavy atom. The highest BCUT2D eigenvalue weighted by molar-refractivity contribution is 6.02. The minimum absolute atomic E-state index is 0.350. The van der Waals surface area contributed by atoms with Gasteiger partial charge in [-0.05, 0) is 142 Å². The van der Waals surface area contributed by atoms with Crippen LogP contribution in [-0.4, -0.2) is 193 Å². The molecule has 0 spiro atoms. The fraction of sp³-hybridized carbons (Fsp3) is 0.241. The van der Waals surface area contributed by atoms with E-state index in [0.29, 0.717) is 157 Å². The van der Waals surface area contributed by atoms with Crippen LogP contribution in [0.25, 0.3) is 61.4 Å². The molecular formula is C79H89N21O9.